The van der Waals surface area contributed by atoms with E-state index in [1.807, 2.05) is 24.3 Å². The number of anilines is 1. The molecule has 0 radical (unpaired) electrons. The predicted octanol–water partition coefficient (Wildman–Crippen LogP) is 4.07. The first-order valence-corrected chi connectivity index (χ1v) is 6.17. The van der Waals surface area contributed by atoms with Crippen LogP contribution in [0.2, 0.25) is 0 Å². The number of rotatable bonds is 3. The summed E-state index contributed by atoms with van der Waals surface area (Å²) in [7, 11) is 0. The first-order chi connectivity index (χ1) is 8.70. The Morgan fingerprint density at radius 2 is 2.00 bits per heavy atom. The zero-order valence-electron chi connectivity index (χ0n) is 9.45. The number of halogens is 2. The SMILES string of the molecule is N#Cc1c(Br)cccc1NCc1cccc(F)c1. The van der Waals surface area contributed by atoms with Crippen LogP contribution in [-0.2, 0) is 6.54 Å². The lowest BCUT2D eigenvalue weighted by atomic mass is 10.1. The molecule has 0 amide bonds. The average Bonchev–Trinajstić information content (AvgIpc) is 2.36. The van der Waals surface area contributed by atoms with Gasteiger partial charge in [-0.15, -0.1) is 0 Å². The summed E-state index contributed by atoms with van der Waals surface area (Å²) in [6.07, 6.45) is 0. The lowest BCUT2D eigenvalue weighted by Crippen LogP contribution is -2.01. The molecule has 2 aromatic rings. The molecule has 90 valence electrons. The van der Waals surface area contributed by atoms with Gasteiger partial charge in [0.2, 0.25) is 0 Å². The van der Waals surface area contributed by atoms with Crippen LogP contribution in [-0.4, -0.2) is 0 Å². The van der Waals surface area contributed by atoms with Crippen molar-refractivity contribution in [3.8, 4) is 6.07 Å². The Labute approximate surface area is 113 Å². The summed E-state index contributed by atoms with van der Waals surface area (Å²) in [5.41, 5.74) is 2.11. The van der Waals surface area contributed by atoms with Gasteiger partial charge in [-0.1, -0.05) is 18.2 Å². The fourth-order valence-corrected chi connectivity index (χ4v) is 2.08. The second-order valence-electron chi connectivity index (χ2n) is 3.76. The van der Waals surface area contributed by atoms with E-state index in [4.69, 9.17) is 5.26 Å². The first kappa shape index (κ1) is 12.6. The number of hydrogen-bond donors (Lipinski definition) is 1. The standard InChI is InChI=1S/C14H10BrFN2/c15-13-5-2-6-14(12(13)8-17)18-9-10-3-1-4-11(16)7-10/h1-7,18H,9H2. The van der Waals surface area contributed by atoms with Crippen molar-refractivity contribution in [1.82, 2.24) is 0 Å². The highest BCUT2D eigenvalue weighted by Crippen LogP contribution is 2.24. The third kappa shape index (κ3) is 2.88. The summed E-state index contributed by atoms with van der Waals surface area (Å²) >= 11 is 3.32. The number of nitriles is 1. The largest absolute Gasteiger partial charge is 0.380 e. The molecule has 2 rings (SSSR count). The molecule has 18 heavy (non-hydrogen) atoms. The lowest BCUT2D eigenvalue weighted by molar-refractivity contribution is 0.626. The van der Waals surface area contributed by atoms with Crippen LogP contribution in [0.15, 0.2) is 46.9 Å². The van der Waals surface area contributed by atoms with Crippen molar-refractivity contribution in [2.75, 3.05) is 5.32 Å². The van der Waals surface area contributed by atoms with Gasteiger partial charge in [0.15, 0.2) is 0 Å². The highest BCUT2D eigenvalue weighted by Gasteiger charge is 2.05. The zero-order chi connectivity index (χ0) is 13.0. The van der Waals surface area contributed by atoms with Crippen molar-refractivity contribution in [3.63, 3.8) is 0 Å². The molecule has 1 N–H and O–H groups in total. The molecular weight excluding hydrogens is 295 g/mol. The van der Waals surface area contributed by atoms with Crippen LogP contribution in [0.5, 0.6) is 0 Å². The van der Waals surface area contributed by atoms with Crippen LogP contribution in [0.4, 0.5) is 10.1 Å². The highest BCUT2D eigenvalue weighted by molar-refractivity contribution is 9.10. The van der Waals surface area contributed by atoms with Crippen molar-refractivity contribution in [1.29, 1.82) is 5.26 Å². The van der Waals surface area contributed by atoms with Gasteiger partial charge in [-0.05, 0) is 45.8 Å². The predicted molar refractivity (Wildman–Crippen MR) is 72.6 cm³/mol. The van der Waals surface area contributed by atoms with E-state index in [1.165, 1.54) is 12.1 Å². The topological polar surface area (TPSA) is 35.8 Å². The molecule has 0 aromatic heterocycles. The third-order valence-corrected chi connectivity index (χ3v) is 3.16. The molecule has 4 heteroatoms. The van der Waals surface area contributed by atoms with Crippen molar-refractivity contribution in [3.05, 3.63) is 63.9 Å². The maximum Gasteiger partial charge on any atom is 0.123 e. The Hall–Kier alpha value is -1.86. The molecule has 0 spiro atoms. The van der Waals surface area contributed by atoms with E-state index in [2.05, 4.69) is 27.3 Å². The fourth-order valence-electron chi connectivity index (χ4n) is 1.63. The second-order valence-corrected chi connectivity index (χ2v) is 4.61. The first-order valence-electron chi connectivity index (χ1n) is 5.37. The Morgan fingerprint density at radius 3 is 2.72 bits per heavy atom. The molecule has 0 heterocycles. The summed E-state index contributed by atoms with van der Waals surface area (Å²) in [5.74, 6) is -0.260. The van der Waals surface area contributed by atoms with Crippen molar-refractivity contribution in [2.45, 2.75) is 6.54 Å². The Morgan fingerprint density at radius 1 is 1.22 bits per heavy atom. The van der Waals surface area contributed by atoms with Crippen LogP contribution in [0.3, 0.4) is 0 Å². The van der Waals surface area contributed by atoms with Gasteiger partial charge in [0, 0.05) is 11.0 Å². The van der Waals surface area contributed by atoms with E-state index in [9.17, 15) is 4.39 Å². The third-order valence-electron chi connectivity index (χ3n) is 2.50. The van der Waals surface area contributed by atoms with E-state index in [1.54, 1.807) is 6.07 Å². The average molecular weight is 305 g/mol. The summed E-state index contributed by atoms with van der Waals surface area (Å²) in [5, 5.41) is 12.2. The molecule has 2 aromatic carbocycles. The van der Waals surface area contributed by atoms with Gasteiger partial charge < -0.3 is 5.32 Å². The van der Waals surface area contributed by atoms with Crippen molar-refractivity contribution < 1.29 is 4.39 Å². The Bertz CT molecular complexity index is 605. The van der Waals surface area contributed by atoms with Crippen molar-refractivity contribution >= 4 is 21.6 Å². The molecule has 0 atom stereocenters. The van der Waals surface area contributed by atoms with Gasteiger partial charge in [-0.3, -0.25) is 0 Å². The van der Waals surface area contributed by atoms with E-state index >= 15 is 0 Å². The molecule has 0 bridgehead atoms. The Balaban J connectivity index is 2.16. The quantitative estimate of drug-likeness (QED) is 0.927. The molecule has 0 fully saturated rings. The second kappa shape index (κ2) is 5.65. The number of hydrogen-bond acceptors (Lipinski definition) is 2. The van der Waals surface area contributed by atoms with Gasteiger partial charge in [0.25, 0.3) is 0 Å². The monoisotopic (exact) mass is 304 g/mol. The fraction of sp³-hybridized carbons (Fsp3) is 0.0714. The molecule has 0 saturated carbocycles. The maximum absolute atomic E-state index is 13.0. The number of benzene rings is 2. The minimum Gasteiger partial charge on any atom is -0.380 e. The lowest BCUT2D eigenvalue weighted by Gasteiger charge is -2.09. The molecule has 2 nitrogen and oxygen atoms in total. The minimum atomic E-state index is -0.260. The number of nitrogens with zero attached hydrogens (tertiary/aromatic N) is 1. The normalized spacial score (nSPS) is 9.83. The maximum atomic E-state index is 13.0. The summed E-state index contributed by atoms with van der Waals surface area (Å²) in [4.78, 5) is 0. The molecule has 0 saturated heterocycles. The van der Waals surface area contributed by atoms with Gasteiger partial charge in [-0.25, -0.2) is 4.39 Å². The van der Waals surface area contributed by atoms with Crippen LogP contribution in [0.1, 0.15) is 11.1 Å². The molecular formula is C14H10BrFN2. The minimum absolute atomic E-state index is 0.260. The van der Waals surface area contributed by atoms with E-state index in [-0.39, 0.29) is 5.82 Å². The summed E-state index contributed by atoms with van der Waals surface area (Å²) < 4.78 is 13.8. The molecule has 0 aliphatic heterocycles. The van der Waals surface area contributed by atoms with E-state index < -0.39 is 0 Å². The van der Waals surface area contributed by atoms with Crippen LogP contribution < -0.4 is 5.32 Å². The van der Waals surface area contributed by atoms with Gasteiger partial charge in [-0.2, -0.15) is 5.26 Å². The summed E-state index contributed by atoms with van der Waals surface area (Å²) in [6.45, 7) is 0.475. The molecule has 0 unspecified atom stereocenters. The molecule has 0 aliphatic carbocycles. The van der Waals surface area contributed by atoms with E-state index in [0.717, 1.165) is 15.7 Å². The number of nitrogens with one attached hydrogen (secondary N) is 1. The van der Waals surface area contributed by atoms with Gasteiger partial charge in [0.05, 0.1) is 11.3 Å². The summed E-state index contributed by atoms with van der Waals surface area (Å²) in [6, 6.07) is 14.0. The zero-order valence-corrected chi connectivity index (χ0v) is 11.0. The van der Waals surface area contributed by atoms with Crippen molar-refractivity contribution in [2.24, 2.45) is 0 Å². The Kier molecular flexibility index (Phi) is 3.96. The van der Waals surface area contributed by atoms with Crippen LogP contribution >= 0.6 is 15.9 Å². The van der Waals surface area contributed by atoms with Gasteiger partial charge in [0.1, 0.15) is 11.9 Å². The highest BCUT2D eigenvalue weighted by atomic mass is 79.9. The van der Waals surface area contributed by atoms with Crippen LogP contribution in [0.25, 0.3) is 0 Å². The molecule has 0 aliphatic rings. The van der Waals surface area contributed by atoms with E-state index in [0.29, 0.717) is 12.1 Å². The van der Waals surface area contributed by atoms with Gasteiger partial charge >= 0.3 is 0 Å². The van der Waals surface area contributed by atoms with Crippen LogP contribution in [0, 0.1) is 17.1 Å². The smallest absolute Gasteiger partial charge is 0.123 e.